The molecule has 0 fully saturated rings. The highest BCUT2D eigenvalue weighted by Crippen LogP contribution is 2.19. The zero-order chi connectivity index (χ0) is 22.4. The summed E-state index contributed by atoms with van der Waals surface area (Å²) in [5, 5.41) is -0.137. The fraction of sp³-hybridized carbons (Fsp3) is 0.391. The van der Waals surface area contributed by atoms with Gasteiger partial charge in [0.15, 0.2) is 5.78 Å². The topological polar surface area (TPSA) is 95.2 Å². The van der Waals surface area contributed by atoms with E-state index in [0.717, 1.165) is 32.5 Å². The van der Waals surface area contributed by atoms with E-state index in [9.17, 15) is 13.2 Å². The molecule has 0 spiro atoms. The Kier molecular flexibility index (Phi) is 7.59. The van der Waals surface area contributed by atoms with Gasteiger partial charge in [0.05, 0.1) is 11.0 Å². The van der Waals surface area contributed by atoms with Crippen LogP contribution < -0.4 is 4.72 Å². The highest BCUT2D eigenvalue weighted by molar-refractivity contribution is 7.89. The molecule has 1 heterocycles. The maximum absolute atomic E-state index is 12.8. The van der Waals surface area contributed by atoms with Crippen molar-refractivity contribution in [2.45, 2.75) is 44.8 Å². The van der Waals surface area contributed by atoms with Crippen LogP contribution in [0.15, 0.2) is 53.7 Å². The van der Waals surface area contributed by atoms with E-state index in [-0.39, 0.29) is 17.0 Å². The van der Waals surface area contributed by atoms with Gasteiger partial charge < -0.3 is 9.88 Å². The van der Waals surface area contributed by atoms with Gasteiger partial charge in [0.25, 0.3) is 10.0 Å². The van der Waals surface area contributed by atoms with Crippen molar-refractivity contribution in [3.05, 3.63) is 59.7 Å². The van der Waals surface area contributed by atoms with Crippen LogP contribution in [-0.4, -0.2) is 54.7 Å². The minimum absolute atomic E-state index is 0.124. The predicted octanol–water partition coefficient (Wildman–Crippen LogP) is 3.58. The highest BCUT2D eigenvalue weighted by atomic mass is 32.2. The van der Waals surface area contributed by atoms with Gasteiger partial charge in [0, 0.05) is 17.2 Å². The van der Waals surface area contributed by atoms with E-state index in [0.29, 0.717) is 22.2 Å². The van der Waals surface area contributed by atoms with Crippen molar-refractivity contribution in [2.75, 3.05) is 19.6 Å². The van der Waals surface area contributed by atoms with E-state index in [2.05, 4.69) is 33.4 Å². The van der Waals surface area contributed by atoms with Gasteiger partial charge in [-0.2, -0.15) is 0 Å². The Morgan fingerprint density at radius 3 is 2.48 bits per heavy atom. The number of nitrogens with one attached hydrogen (secondary N) is 2. The Morgan fingerprint density at radius 1 is 1.10 bits per heavy atom. The smallest absolute Gasteiger partial charge is 0.274 e. The zero-order valence-corrected chi connectivity index (χ0v) is 19.1. The van der Waals surface area contributed by atoms with E-state index < -0.39 is 10.0 Å². The predicted molar refractivity (Wildman–Crippen MR) is 123 cm³/mol. The number of fused-ring (bicyclic) bond motifs is 1. The van der Waals surface area contributed by atoms with Crippen LogP contribution in [0.3, 0.4) is 0 Å². The van der Waals surface area contributed by atoms with Gasteiger partial charge in [-0.15, -0.1) is 0 Å². The molecular formula is C23H30N4O3S. The van der Waals surface area contributed by atoms with Crippen molar-refractivity contribution in [1.29, 1.82) is 0 Å². The molecule has 2 aromatic carbocycles. The minimum Gasteiger partial charge on any atom is -0.328 e. The van der Waals surface area contributed by atoms with Crippen LogP contribution in [0.2, 0.25) is 0 Å². The number of rotatable bonds is 11. The zero-order valence-electron chi connectivity index (χ0n) is 18.3. The fourth-order valence-electron chi connectivity index (χ4n) is 3.55. The summed E-state index contributed by atoms with van der Waals surface area (Å²) in [5.74, 6) is -0.124. The van der Waals surface area contributed by atoms with E-state index >= 15 is 0 Å². The number of imidazole rings is 1. The molecule has 0 aliphatic heterocycles. The largest absolute Gasteiger partial charge is 0.328 e. The Labute approximate surface area is 183 Å². The van der Waals surface area contributed by atoms with Gasteiger partial charge in [0.2, 0.25) is 5.16 Å². The van der Waals surface area contributed by atoms with Crippen LogP contribution in [0, 0.1) is 0 Å². The second-order valence-electron chi connectivity index (χ2n) is 7.66. The molecule has 0 aliphatic rings. The average Bonchev–Trinajstić information content (AvgIpc) is 3.21. The molecule has 0 aliphatic carbocycles. The van der Waals surface area contributed by atoms with Crippen LogP contribution in [0.4, 0.5) is 0 Å². The van der Waals surface area contributed by atoms with Crippen molar-refractivity contribution in [2.24, 2.45) is 0 Å². The third-order valence-corrected chi connectivity index (χ3v) is 6.79. The van der Waals surface area contributed by atoms with Crippen molar-refractivity contribution in [1.82, 2.24) is 19.6 Å². The maximum atomic E-state index is 12.8. The fourth-order valence-corrected chi connectivity index (χ4v) is 4.77. The lowest BCUT2D eigenvalue weighted by molar-refractivity contribution is 0.103. The number of ketones is 1. The van der Waals surface area contributed by atoms with Crippen molar-refractivity contribution in [3.63, 3.8) is 0 Å². The second kappa shape index (κ2) is 10.2. The average molecular weight is 443 g/mol. The molecule has 7 nitrogen and oxygen atoms in total. The number of H-pyrrole nitrogens is 1. The summed E-state index contributed by atoms with van der Waals surface area (Å²) in [5.41, 5.74) is 2.06. The Bertz CT molecular complexity index is 1120. The van der Waals surface area contributed by atoms with E-state index in [1.165, 1.54) is 0 Å². The first-order valence-electron chi connectivity index (χ1n) is 10.7. The van der Waals surface area contributed by atoms with Crippen LogP contribution in [-0.2, 0) is 10.0 Å². The molecule has 2 N–H and O–H groups in total. The molecule has 1 aromatic heterocycles. The summed E-state index contributed by atoms with van der Waals surface area (Å²) in [6.45, 7) is 9.03. The van der Waals surface area contributed by atoms with Crippen molar-refractivity contribution >= 4 is 26.8 Å². The van der Waals surface area contributed by atoms with Crippen LogP contribution in [0.25, 0.3) is 11.0 Å². The van der Waals surface area contributed by atoms with Crippen LogP contribution >= 0.6 is 0 Å². The van der Waals surface area contributed by atoms with Gasteiger partial charge in [-0.05, 0) is 57.6 Å². The standard InChI is InChI=1S/C23H30N4O3S/c1-4-27(5-2)15-9-10-17(3)26-31(29,30)23-24-20-14-13-19(16-21(20)25-23)22(28)18-11-7-6-8-12-18/h6-8,11-14,16-17,26H,4-5,9-10,15H2,1-3H3,(H,24,25). The highest BCUT2D eigenvalue weighted by Gasteiger charge is 2.22. The van der Waals surface area contributed by atoms with E-state index in [4.69, 9.17) is 0 Å². The summed E-state index contributed by atoms with van der Waals surface area (Å²) in [6, 6.07) is 13.7. The van der Waals surface area contributed by atoms with Crippen molar-refractivity contribution in [3.8, 4) is 0 Å². The number of carbonyl (C=O) groups excluding carboxylic acids is 1. The van der Waals surface area contributed by atoms with Crippen LogP contribution in [0.5, 0.6) is 0 Å². The molecule has 3 aromatic rings. The van der Waals surface area contributed by atoms with Gasteiger partial charge in [-0.1, -0.05) is 44.2 Å². The number of sulfonamides is 1. The molecule has 1 unspecified atom stereocenters. The van der Waals surface area contributed by atoms with Gasteiger partial charge in [-0.25, -0.2) is 18.1 Å². The number of benzene rings is 2. The molecular weight excluding hydrogens is 412 g/mol. The third kappa shape index (κ3) is 5.78. The Balaban J connectivity index is 1.71. The lowest BCUT2D eigenvalue weighted by atomic mass is 10.0. The number of carbonyl (C=O) groups is 1. The normalized spacial score (nSPS) is 13.0. The van der Waals surface area contributed by atoms with Crippen molar-refractivity contribution < 1.29 is 13.2 Å². The number of aromatic nitrogens is 2. The molecule has 0 radical (unpaired) electrons. The van der Waals surface area contributed by atoms with Crippen LogP contribution in [0.1, 0.15) is 49.5 Å². The summed E-state index contributed by atoms with van der Waals surface area (Å²) in [7, 11) is -3.78. The maximum Gasteiger partial charge on any atom is 0.274 e. The van der Waals surface area contributed by atoms with E-state index in [1.54, 1.807) is 30.3 Å². The molecule has 1 atom stereocenters. The van der Waals surface area contributed by atoms with Gasteiger partial charge in [0.1, 0.15) is 0 Å². The summed E-state index contributed by atoms with van der Waals surface area (Å²) in [4.78, 5) is 22.1. The summed E-state index contributed by atoms with van der Waals surface area (Å²) in [6.07, 6.45) is 1.65. The first kappa shape index (κ1) is 23.1. The Hall–Kier alpha value is -2.55. The molecule has 0 saturated heterocycles. The molecule has 166 valence electrons. The summed E-state index contributed by atoms with van der Waals surface area (Å²) >= 11 is 0. The number of nitrogens with zero attached hydrogens (tertiary/aromatic N) is 2. The molecule has 0 saturated carbocycles. The SMILES string of the molecule is CCN(CC)CCCC(C)NS(=O)(=O)c1nc2ccc(C(=O)c3ccccc3)cc2[nH]1. The lowest BCUT2D eigenvalue weighted by Crippen LogP contribution is -2.34. The monoisotopic (exact) mass is 442 g/mol. The van der Waals surface area contributed by atoms with Gasteiger partial charge >= 0.3 is 0 Å². The lowest BCUT2D eigenvalue weighted by Gasteiger charge is -2.19. The third-order valence-electron chi connectivity index (χ3n) is 5.38. The molecule has 0 bridgehead atoms. The quantitative estimate of drug-likeness (QED) is 0.443. The molecule has 31 heavy (non-hydrogen) atoms. The summed E-state index contributed by atoms with van der Waals surface area (Å²) < 4.78 is 28.3. The molecule has 8 heteroatoms. The number of hydrogen-bond donors (Lipinski definition) is 2. The molecule has 0 amide bonds. The van der Waals surface area contributed by atoms with E-state index in [1.807, 2.05) is 25.1 Å². The first-order chi connectivity index (χ1) is 14.8. The minimum atomic E-state index is -3.78. The number of hydrogen-bond acceptors (Lipinski definition) is 5. The Morgan fingerprint density at radius 2 is 1.81 bits per heavy atom. The first-order valence-corrected chi connectivity index (χ1v) is 12.2. The second-order valence-corrected chi connectivity index (χ2v) is 9.29. The molecule has 3 rings (SSSR count). The number of aromatic amines is 1. The van der Waals surface area contributed by atoms with Gasteiger partial charge in [-0.3, -0.25) is 4.79 Å².